The number of thiophene rings is 1. The number of nitrogens with zero attached hydrogens (tertiary/aromatic N) is 1. The molecule has 0 aromatic carbocycles. The van der Waals surface area contributed by atoms with Gasteiger partial charge in [0.1, 0.15) is 0 Å². The van der Waals surface area contributed by atoms with Crippen LogP contribution >= 0.6 is 11.3 Å². The van der Waals surface area contributed by atoms with Gasteiger partial charge in [-0.2, -0.15) is 0 Å². The highest BCUT2D eigenvalue weighted by Gasteiger charge is 2.49. The summed E-state index contributed by atoms with van der Waals surface area (Å²) in [5.74, 6) is -1.63. The smallest absolute Gasteiger partial charge is 0.307 e. The van der Waals surface area contributed by atoms with Gasteiger partial charge in [0.25, 0.3) is 0 Å². The fourth-order valence-corrected chi connectivity index (χ4v) is 2.57. The fourth-order valence-electron chi connectivity index (χ4n) is 1.87. The minimum atomic E-state index is -0.852. The second-order valence-electron chi connectivity index (χ2n) is 4.38. The number of rotatable bonds is 5. The summed E-state index contributed by atoms with van der Waals surface area (Å²) in [6.07, 6.45) is 1.34. The van der Waals surface area contributed by atoms with Crippen molar-refractivity contribution in [3.05, 3.63) is 22.4 Å². The Hall–Kier alpha value is -1.36. The van der Waals surface area contributed by atoms with Gasteiger partial charge < -0.3 is 10.0 Å². The van der Waals surface area contributed by atoms with E-state index in [1.54, 1.807) is 23.3 Å². The predicted octanol–water partition coefficient (Wildman–Crippen LogP) is 1.47. The van der Waals surface area contributed by atoms with E-state index in [4.69, 9.17) is 5.11 Å². The molecular weight excluding hydrogens is 238 g/mol. The van der Waals surface area contributed by atoms with Crippen LogP contribution in [-0.2, 0) is 16.0 Å². The first-order chi connectivity index (χ1) is 8.09. The largest absolute Gasteiger partial charge is 0.481 e. The van der Waals surface area contributed by atoms with Crippen LogP contribution in [0.2, 0.25) is 0 Å². The number of carboxylic acid groups (broad SMARTS) is 1. The van der Waals surface area contributed by atoms with Crippen LogP contribution in [0.15, 0.2) is 17.5 Å². The molecule has 4 nitrogen and oxygen atoms in total. The quantitative estimate of drug-likeness (QED) is 0.864. The minimum Gasteiger partial charge on any atom is -0.481 e. The number of aliphatic carboxylic acids is 1. The van der Waals surface area contributed by atoms with Crippen molar-refractivity contribution in [3.63, 3.8) is 0 Å². The maximum Gasteiger partial charge on any atom is 0.307 e. The molecular formula is C12H15NO3S. The zero-order valence-electron chi connectivity index (χ0n) is 9.63. The van der Waals surface area contributed by atoms with E-state index < -0.39 is 11.9 Å². The summed E-state index contributed by atoms with van der Waals surface area (Å²) in [6, 6.07) is 4.03. The van der Waals surface area contributed by atoms with Crippen molar-refractivity contribution in [3.8, 4) is 0 Å². The third-order valence-electron chi connectivity index (χ3n) is 3.07. The molecule has 92 valence electrons. The van der Waals surface area contributed by atoms with Crippen LogP contribution in [0.4, 0.5) is 0 Å². The molecule has 0 aliphatic heterocycles. The first-order valence-corrected chi connectivity index (χ1v) is 6.47. The lowest BCUT2D eigenvalue weighted by atomic mass is 10.2. The normalized spacial score (nSPS) is 22.2. The van der Waals surface area contributed by atoms with Crippen molar-refractivity contribution in [1.82, 2.24) is 4.90 Å². The van der Waals surface area contributed by atoms with E-state index in [1.807, 2.05) is 17.5 Å². The van der Waals surface area contributed by atoms with Gasteiger partial charge in [0, 0.05) is 18.5 Å². The average molecular weight is 253 g/mol. The summed E-state index contributed by atoms with van der Waals surface area (Å²) in [5, 5.41) is 10.8. The number of likely N-dealkylation sites (N-methyl/N-ethyl adjacent to an activating group) is 1. The van der Waals surface area contributed by atoms with E-state index in [1.165, 1.54) is 4.88 Å². The average Bonchev–Trinajstić information content (AvgIpc) is 2.94. The lowest BCUT2D eigenvalue weighted by Gasteiger charge is -2.16. The van der Waals surface area contributed by atoms with Crippen LogP contribution in [0, 0.1) is 11.8 Å². The van der Waals surface area contributed by atoms with Gasteiger partial charge in [-0.3, -0.25) is 9.59 Å². The Labute approximate surface area is 104 Å². The van der Waals surface area contributed by atoms with E-state index in [0.29, 0.717) is 13.0 Å². The molecule has 1 fully saturated rings. The second kappa shape index (κ2) is 4.87. The topological polar surface area (TPSA) is 57.6 Å². The van der Waals surface area contributed by atoms with Crippen LogP contribution in [0.1, 0.15) is 11.3 Å². The number of amides is 1. The first-order valence-electron chi connectivity index (χ1n) is 5.59. The summed E-state index contributed by atoms with van der Waals surface area (Å²) in [6.45, 7) is 0.655. The number of hydrogen-bond acceptors (Lipinski definition) is 3. The molecule has 1 N–H and O–H groups in total. The lowest BCUT2D eigenvalue weighted by Crippen LogP contribution is -2.31. The SMILES string of the molecule is CN(CCc1cccs1)C(=O)C1CC1C(=O)O. The zero-order chi connectivity index (χ0) is 12.4. The number of carbonyl (C=O) groups is 2. The zero-order valence-corrected chi connectivity index (χ0v) is 10.4. The van der Waals surface area contributed by atoms with E-state index in [0.717, 1.165) is 6.42 Å². The van der Waals surface area contributed by atoms with Crippen molar-refractivity contribution in [1.29, 1.82) is 0 Å². The van der Waals surface area contributed by atoms with Crippen molar-refractivity contribution in [2.75, 3.05) is 13.6 Å². The van der Waals surface area contributed by atoms with Gasteiger partial charge in [-0.15, -0.1) is 11.3 Å². The molecule has 1 heterocycles. The van der Waals surface area contributed by atoms with Crippen molar-refractivity contribution >= 4 is 23.2 Å². The predicted molar refractivity (Wildman–Crippen MR) is 64.9 cm³/mol. The Morgan fingerprint density at radius 1 is 1.53 bits per heavy atom. The van der Waals surface area contributed by atoms with Gasteiger partial charge in [0.2, 0.25) is 5.91 Å². The molecule has 1 aliphatic rings. The summed E-state index contributed by atoms with van der Waals surface area (Å²) in [4.78, 5) is 25.4. The Kier molecular flexibility index (Phi) is 3.47. The number of carboxylic acids is 1. The summed E-state index contributed by atoms with van der Waals surface area (Å²) >= 11 is 1.67. The fraction of sp³-hybridized carbons (Fsp3) is 0.500. The number of carbonyl (C=O) groups excluding carboxylic acids is 1. The Morgan fingerprint density at radius 2 is 2.29 bits per heavy atom. The molecule has 0 spiro atoms. The van der Waals surface area contributed by atoms with Gasteiger partial charge >= 0.3 is 5.97 Å². The highest BCUT2D eigenvalue weighted by atomic mass is 32.1. The molecule has 17 heavy (non-hydrogen) atoms. The maximum atomic E-state index is 11.8. The molecule has 1 aromatic heterocycles. The van der Waals surface area contributed by atoms with Crippen LogP contribution in [0.25, 0.3) is 0 Å². The monoisotopic (exact) mass is 253 g/mol. The van der Waals surface area contributed by atoms with Crippen LogP contribution in [-0.4, -0.2) is 35.5 Å². The van der Waals surface area contributed by atoms with E-state index in [2.05, 4.69) is 0 Å². The first kappa shape index (κ1) is 12.1. The van der Waals surface area contributed by atoms with E-state index >= 15 is 0 Å². The molecule has 0 bridgehead atoms. The van der Waals surface area contributed by atoms with E-state index in [-0.39, 0.29) is 11.8 Å². The highest BCUT2D eigenvalue weighted by Crippen LogP contribution is 2.39. The lowest BCUT2D eigenvalue weighted by molar-refractivity contribution is -0.141. The van der Waals surface area contributed by atoms with Crippen molar-refractivity contribution in [2.45, 2.75) is 12.8 Å². The van der Waals surface area contributed by atoms with Crippen LogP contribution in [0.3, 0.4) is 0 Å². The number of hydrogen-bond donors (Lipinski definition) is 1. The Morgan fingerprint density at radius 3 is 2.82 bits per heavy atom. The molecule has 2 rings (SSSR count). The molecule has 0 saturated heterocycles. The third kappa shape index (κ3) is 2.85. The molecule has 5 heteroatoms. The van der Waals surface area contributed by atoms with Crippen molar-refractivity contribution in [2.24, 2.45) is 11.8 Å². The molecule has 1 saturated carbocycles. The standard InChI is InChI=1S/C12H15NO3S/c1-13(5-4-8-3-2-6-17-8)11(14)9-7-10(9)12(15)16/h2-3,6,9-10H,4-5,7H2,1H3,(H,15,16). The molecule has 2 unspecified atom stereocenters. The van der Waals surface area contributed by atoms with Gasteiger partial charge in [0.15, 0.2) is 0 Å². The van der Waals surface area contributed by atoms with Crippen molar-refractivity contribution < 1.29 is 14.7 Å². The van der Waals surface area contributed by atoms with Gasteiger partial charge in [-0.05, 0) is 24.3 Å². The molecule has 1 aromatic rings. The van der Waals surface area contributed by atoms with Crippen LogP contribution in [0.5, 0.6) is 0 Å². The van der Waals surface area contributed by atoms with Gasteiger partial charge in [-0.1, -0.05) is 6.07 Å². The van der Waals surface area contributed by atoms with Crippen LogP contribution < -0.4 is 0 Å². The van der Waals surface area contributed by atoms with Gasteiger partial charge in [-0.25, -0.2) is 0 Å². The highest BCUT2D eigenvalue weighted by molar-refractivity contribution is 7.09. The summed E-state index contributed by atoms with van der Waals surface area (Å²) < 4.78 is 0. The minimum absolute atomic E-state index is 0.0334. The third-order valence-corrected chi connectivity index (χ3v) is 4.01. The summed E-state index contributed by atoms with van der Waals surface area (Å²) in [7, 11) is 1.74. The second-order valence-corrected chi connectivity index (χ2v) is 5.41. The summed E-state index contributed by atoms with van der Waals surface area (Å²) in [5.41, 5.74) is 0. The Bertz CT molecular complexity index is 415. The molecule has 2 atom stereocenters. The maximum absolute atomic E-state index is 11.8. The molecule has 1 aliphatic carbocycles. The molecule has 1 amide bonds. The van der Waals surface area contributed by atoms with E-state index in [9.17, 15) is 9.59 Å². The molecule has 0 radical (unpaired) electrons. The Balaban J connectivity index is 1.79. The van der Waals surface area contributed by atoms with Gasteiger partial charge in [0.05, 0.1) is 11.8 Å².